The van der Waals surface area contributed by atoms with Crippen molar-refractivity contribution in [1.82, 2.24) is 0 Å². The minimum absolute atomic E-state index is 0.214. The summed E-state index contributed by atoms with van der Waals surface area (Å²) in [5, 5.41) is 2.97. The van der Waals surface area contributed by atoms with Gasteiger partial charge >= 0.3 is 5.97 Å². The molecule has 3 aromatic carbocycles. The maximum absolute atomic E-state index is 12.3. The lowest BCUT2D eigenvalue weighted by molar-refractivity contribution is -0.123. The quantitative estimate of drug-likeness (QED) is 0.574. The molecule has 0 heterocycles. The number of rotatable bonds is 6. The fourth-order valence-corrected chi connectivity index (χ4v) is 2.59. The summed E-state index contributed by atoms with van der Waals surface area (Å²) in [6, 6.07) is 22.8. The lowest BCUT2D eigenvalue weighted by Gasteiger charge is -2.14. The van der Waals surface area contributed by atoms with Gasteiger partial charge in [-0.1, -0.05) is 41.9 Å². The molecule has 0 bridgehead atoms. The molecule has 0 aliphatic carbocycles. The number of benzene rings is 3. The highest BCUT2D eigenvalue weighted by molar-refractivity contribution is 6.33. The number of para-hydroxylation sites is 1. The minimum atomic E-state index is -0.982. The standard InChI is InChI=1S/C22H18ClNO4/c1-15(27-22(26)19-9-5-6-10-20(19)23)21(25)24-16-11-13-18(14-12-16)28-17-7-3-2-4-8-17/h2-15H,1H3,(H,24,25). The van der Waals surface area contributed by atoms with Crippen LogP contribution in [0.15, 0.2) is 78.9 Å². The monoisotopic (exact) mass is 395 g/mol. The SMILES string of the molecule is CC(OC(=O)c1ccccc1Cl)C(=O)Nc1ccc(Oc2ccccc2)cc1. The van der Waals surface area contributed by atoms with Crippen LogP contribution in [0.25, 0.3) is 0 Å². The lowest BCUT2D eigenvalue weighted by atomic mass is 10.2. The molecule has 1 amide bonds. The van der Waals surface area contributed by atoms with E-state index in [0.717, 1.165) is 5.75 Å². The summed E-state index contributed by atoms with van der Waals surface area (Å²) < 4.78 is 10.9. The first-order valence-corrected chi connectivity index (χ1v) is 9.00. The predicted molar refractivity (Wildman–Crippen MR) is 108 cm³/mol. The fourth-order valence-electron chi connectivity index (χ4n) is 2.38. The maximum atomic E-state index is 12.3. The van der Waals surface area contributed by atoms with Crippen molar-refractivity contribution in [2.24, 2.45) is 0 Å². The van der Waals surface area contributed by atoms with Crippen molar-refractivity contribution in [2.45, 2.75) is 13.0 Å². The Morgan fingerprint density at radius 1 is 0.857 bits per heavy atom. The molecule has 0 aliphatic rings. The summed E-state index contributed by atoms with van der Waals surface area (Å²) in [5.74, 6) is 0.263. The predicted octanol–water partition coefficient (Wildman–Crippen LogP) is 5.32. The number of hydrogen-bond acceptors (Lipinski definition) is 4. The van der Waals surface area contributed by atoms with Crippen LogP contribution in [0, 0.1) is 0 Å². The molecule has 1 N–H and O–H groups in total. The first-order valence-electron chi connectivity index (χ1n) is 8.62. The molecule has 28 heavy (non-hydrogen) atoms. The Hall–Kier alpha value is -3.31. The number of carbonyl (C=O) groups excluding carboxylic acids is 2. The molecule has 3 aromatic rings. The first kappa shape index (κ1) is 19.5. The highest BCUT2D eigenvalue weighted by Crippen LogP contribution is 2.23. The van der Waals surface area contributed by atoms with E-state index in [2.05, 4.69) is 5.32 Å². The van der Waals surface area contributed by atoms with Gasteiger partial charge in [0.05, 0.1) is 10.6 Å². The van der Waals surface area contributed by atoms with Crippen molar-refractivity contribution in [3.63, 3.8) is 0 Å². The highest BCUT2D eigenvalue weighted by atomic mass is 35.5. The normalized spacial score (nSPS) is 11.4. The average Bonchev–Trinajstić information content (AvgIpc) is 2.70. The van der Waals surface area contributed by atoms with Crippen LogP contribution in [0.5, 0.6) is 11.5 Å². The molecule has 5 nitrogen and oxygen atoms in total. The van der Waals surface area contributed by atoms with E-state index in [1.165, 1.54) is 6.92 Å². The molecule has 0 spiro atoms. The Bertz CT molecular complexity index is 958. The zero-order valence-electron chi connectivity index (χ0n) is 15.1. The van der Waals surface area contributed by atoms with Gasteiger partial charge in [-0.2, -0.15) is 0 Å². The zero-order chi connectivity index (χ0) is 19.9. The van der Waals surface area contributed by atoms with Gasteiger partial charge in [-0.25, -0.2) is 4.79 Å². The molecule has 0 saturated heterocycles. The van der Waals surface area contributed by atoms with E-state index in [1.54, 1.807) is 48.5 Å². The summed E-state index contributed by atoms with van der Waals surface area (Å²) in [4.78, 5) is 24.4. The van der Waals surface area contributed by atoms with Crippen LogP contribution in [0.4, 0.5) is 5.69 Å². The number of nitrogens with one attached hydrogen (secondary N) is 1. The van der Waals surface area contributed by atoms with E-state index < -0.39 is 18.0 Å². The van der Waals surface area contributed by atoms with Crippen molar-refractivity contribution in [3.8, 4) is 11.5 Å². The van der Waals surface area contributed by atoms with Crippen molar-refractivity contribution in [2.75, 3.05) is 5.32 Å². The molecule has 1 atom stereocenters. The number of hydrogen-bond donors (Lipinski definition) is 1. The topological polar surface area (TPSA) is 64.6 Å². The van der Waals surface area contributed by atoms with Crippen LogP contribution in [0.1, 0.15) is 17.3 Å². The van der Waals surface area contributed by atoms with E-state index in [1.807, 2.05) is 30.3 Å². The molecule has 3 rings (SSSR count). The second kappa shape index (κ2) is 9.06. The van der Waals surface area contributed by atoms with E-state index in [0.29, 0.717) is 11.4 Å². The van der Waals surface area contributed by atoms with Gasteiger partial charge in [0.15, 0.2) is 6.10 Å². The van der Waals surface area contributed by atoms with Crippen molar-refractivity contribution in [1.29, 1.82) is 0 Å². The Labute approximate surface area is 167 Å². The van der Waals surface area contributed by atoms with Crippen molar-refractivity contribution >= 4 is 29.2 Å². The van der Waals surface area contributed by atoms with Gasteiger partial charge in [-0.05, 0) is 55.5 Å². The number of amides is 1. The fraction of sp³-hybridized carbons (Fsp3) is 0.0909. The zero-order valence-corrected chi connectivity index (χ0v) is 15.8. The van der Waals surface area contributed by atoms with Crippen LogP contribution in [0.2, 0.25) is 5.02 Å². The number of carbonyl (C=O) groups is 2. The van der Waals surface area contributed by atoms with Gasteiger partial charge in [-0.15, -0.1) is 0 Å². The minimum Gasteiger partial charge on any atom is -0.457 e. The molecule has 1 unspecified atom stereocenters. The third kappa shape index (κ3) is 5.11. The van der Waals surface area contributed by atoms with Gasteiger partial charge < -0.3 is 14.8 Å². The highest BCUT2D eigenvalue weighted by Gasteiger charge is 2.20. The third-order valence-corrected chi connectivity index (χ3v) is 4.18. The number of anilines is 1. The Morgan fingerprint density at radius 2 is 1.46 bits per heavy atom. The summed E-state index contributed by atoms with van der Waals surface area (Å²) >= 11 is 5.97. The maximum Gasteiger partial charge on any atom is 0.340 e. The molecule has 0 aromatic heterocycles. The number of esters is 1. The van der Waals surface area contributed by atoms with Crippen LogP contribution < -0.4 is 10.1 Å². The second-order valence-electron chi connectivity index (χ2n) is 5.96. The summed E-state index contributed by atoms with van der Waals surface area (Å²) in [6.07, 6.45) is -0.982. The summed E-state index contributed by atoms with van der Waals surface area (Å²) in [6.45, 7) is 1.50. The molecule has 0 fully saturated rings. The molecule has 0 aliphatic heterocycles. The first-order chi connectivity index (χ1) is 13.5. The molecule has 6 heteroatoms. The van der Waals surface area contributed by atoms with Crippen LogP contribution in [-0.2, 0) is 9.53 Å². The summed E-state index contributed by atoms with van der Waals surface area (Å²) in [5.41, 5.74) is 0.775. The van der Waals surface area contributed by atoms with Crippen LogP contribution >= 0.6 is 11.6 Å². The lowest BCUT2D eigenvalue weighted by Crippen LogP contribution is -2.30. The van der Waals surface area contributed by atoms with Gasteiger partial charge in [0.1, 0.15) is 11.5 Å². The van der Waals surface area contributed by atoms with Gasteiger partial charge in [0, 0.05) is 5.69 Å². The Kier molecular flexibility index (Phi) is 6.29. The van der Waals surface area contributed by atoms with E-state index >= 15 is 0 Å². The van der Waals surface area contributed by atoms with E-state index in [4.69, 9.17) is 21.1 Å². The third-order valence-electron chi connectivity index (χ3n) is 3.85. The molecular weight excluding hydrogens is 378 g/mol. The summed E-state index contributed by atoms with van der Waals surface area (Å²) in [7, 11) is 0. The van der Waals surface area contributed by atoms with Crippen LogP contribution in [0.3, 0.4) is 0 Å². The molecule has 142 valence electrons. The van der Waals surface area contributed by atoms with Gasteiger partial charge in [-0.3, -0.25) is 4.79 Å². The molecule has 0 radical (unpaired) electrons. The molecular formula is C22H18ClNO4. The van der Waals surface area contributed by atoms with Gasteiger partial charge in [0.2, 0.25) is 0 Å². The van der Waals surface area contributed by atoms with Crippen LogP contribution in [-0.4, -0.2) is 18.0 Å². The Balaban J connectivity index is 1.56. The van der Waals surface area contributed by atoms with Crippen molar-refractivity contribution in [3.05, 3.63) is 89.4 Å². The van der Waals surface area contributed by atoms with E-state index in [9.17, 15) is 9.59 Å². The second-order valence-corrected chi connectivity index (χ2v) is 6.36. The average molecular weight is 396 g/mol. The van der Waals surface area contributed by atoms with Crippen molar-refractivity contribution < 1.29 is 19.1 Å². The number of ether oxygens (including phenoxy) is 2. The van der Waals surface area contributed by atoms with E-state index in [-0.39, 0.29) is 10.6 Å². The largest absolute Gasteiger partial charge is 0.457 e. The smallest absolute Gasteiger partial charge is 0.340 e. The molecule has 0 saturated carbocycles. The Morgan fingerprint density at radius 3 is 2.14 bits per heavy atom. The van der Waals surface area contributed by atoms with Gasteiger partial charge in [0.25, 0.3) is 5.91 Å². The number of halogens is 1.